The SMILES string of the molecule is CCOc1ncc(S(=O)(=O)N2CCN(CC)CC2)cc1C(=O)O.[H-].[Na+]. The molecule has 130 valence electrons. The minimum Gasteiger partial charge on any atom is -1.00 e. The summed E-state index contributed by atoms with van der Waals surface area (Å²) in [6.45, 7) is 6.93. The van der Waals surface area contributed by atoms with Gasteiger partial charge in [-0.05, 0) is 19.5 Å². The van der Waals surface area contributed by atoms with Crippen molar-refractivity contribution < 1.29 is 54.0 Å². The Kier molecular flexibility index (Phi) is 8.10. The first-order chi connectivity index (χ1) is 10.9. The smallest absolute Gasteiger partial charge is 1.00 e. The third-order valence-electron chi connectivity index (χ3n) is 3.75. The molecule has 10 heteroatoms. The fourth-order valence-electron chi connectivity index (χ4n) is 2.41. The molecule has 0 spiro atoms. The summed E-state index contributed by atoms with van der Waals surface area (Å²) in [6.07, 6.45) is 1.15. The van der Waals surface area contributed by atoms with Gasteiger partial charge >= 0.3 is 35.5 Å². The molecule has 1 aliphatic heterocycles. The van der Waals surface area contributed by atoms with E-state index < -0.39 is 16.0 Å². The number of likely N-dealkylation sites (N-methyl/N-ethyl adjacent to an activating group) is 1. The van der Waals surface area contributed by atoms with Crippen LogP contribution in [0.1, 0.15) is 25.6 Å². The molecule has 1 saturated heterocycles. The van der Waals surface area contributed by atoms with Crippen LogP contribution < -0.4 is 34.3 Å². The normalized spacial score (nSPS) is 16.4. The molecule has 0 unspecified atom stereocenters. The predicted octanol–water partition coefficient (Wildman–Crippen LogP) is -2.38. The van der Waals surface area contributed by atoms with E-state index in [9.17, 15) is 18.3 Å². The molecular weight excluding hydrogens is 345 g/mol. The molecule has 2 heterocycles. The van der Waals surface area contributed by atoms with Gasteiger partial charge in [0.05, 0.1) is 12.8 Å². The molecule has 0 aromatic carbocycles. The van der Waals surface area contributed by atoms with Gasteiger partial charge in [0, 0.05) is 26.2 Å². The Morgan fingerprint density at radius 2 is 1.96 bits per heavy atom. The molecule has 0 bridgehead atoms. The third-order valence-corrected chi connectivity index (χ3v) is 5.62. The first kappa shape index (κ1) is 21.3. The van der Waals surface area contributed by atoms with E-state index in [4.69, 9.17) is 4.74 Å². The van der Waals surface area contributed by atoms with Gasteiger partial charge in [-0.2, -0.15) is 4.31 Å². The molecule has 1 aromatic heterocycles. The molecule has 0 saturated carbocycles. The van der Waals surface area contributed by atoms with Crippen LogP contribution in [0.3, 0.4) is 0 Å². The summed E-state index contributed by atoms with van der Waals surface area (Å²) < 4.78 is 31.8. The van der Waals surface area contributed by atoms with Crippen molar-refractivity contribution in [2.75, 3.05) is 39.3 Å². The van der Waals surface area contributed by atoms with Crippen molar-refractivity contribution >= 4 is 16.0 Å². The zero-order valence-corrected chi connectivity index (χ0v) is 17.0. The number of carbonyl (C=O) groups is 1. The average Bonchev–Trinajstić information content (AvgIpc) is 2.55. The van der Waals surface area contributed by atoms with Crippen molar-refractivity contribution in [1.82, 2.24) is 14.2 Å². The maximum atomic E-state index is 12.7. The molecule has 2 rings (SSSR count). The van der Waals surface area contributed by atoms with Gasteiger partial charge in [-0.1, -0.05) is 6.92 Å². The molecule has 0 amide bonds. The van der Waals surface area contributed by atoms with Crippen LogP contribution in [-0.4, -0.2) is 73.0 Å². The van der Waals surface area contributed by atoms with Crippen LogP contribution in [0.4, 0.5) is 0 Å². The Morgan fingerprint density at radius 1 is 1.33 bits per heavy atom. The zero-order chi connectivity index (χ0) is 17.0. The van der Waals surface area contributed by atoms with Gasteiger partial charge in [-0.15, -0.1) is 0 Å². The maximum Gasteiger partial charge on any atom is 1.00 e. The monoisotopic (exact) mass is 367 g/mol. The van der Waals surface area contributed by atoms with E-state index in [1.165, 1.54) is 4.31 Å². The molecule has 8 nitrogen and oxygen atoms in total. The van der Waals surface area contributed by atoms with Crippen molar-refractivity contribution in [1.29, 1.82) is 0 Å². The third kappa shape index (κ3) is 4.68. The first-order valence-electron chi connectivity index (χ1n) is 7.48. The van der Waals surface area contributed by atoms with E-state index >= 15 is 0 Å². The molecule has 0 aliphatic carbocycles. The Bertz CT molecular complexity index is 681. The summed E-state index contributed by atoms with van der Waals surface area (Å²) >= 11 is 0. The van der Waals surface area contributed by atoms with Crippen LogP contribution in [-0.2, 0) is 10.0 Å². The molecule has 1 aromatic rings. The minimum absolute atomic E-state index is 0. The topological polar surface area (TPSA) is 100 Å². The van der Waals surface area contributed by atoms with Crippen molar-refractivity contribution in [2.24, 2.45) is 0 Å². The zero-order valence-electron chi connectivity index (χ0n) is 15.2. The largest absolute Gasteiger partial charge is 1.00 e. The second-order valence-corrected chi connectivity index (χ2v) is 7.04. The van der Waals surface area contributed by atoms with Crippen molar-refractivity contribution in [3.05, 3.63) is 17.8 Å². The average molecular weight is 367 g/mol. The van der Waals surface area contributed by atoms with Crippen LogP contribution in [0, 0.1) is 0 Å². The number of hydrogen-bond donors (Lipinski definition) is 1. The van der Waals surface area contributed by atoms with Gasteiger partial charge in [-0.25, -0.2) is 18.2 Å². The fraction of sp³-hybridized carbons (Fsp3) is 0.571. The summed E-state index contributed by atoms with van der Waals surface area (Å²) in [4.78, 5) is 17.2. The van der Waals surface area contributed by atoms with Gasteiger partial charge in [0.15, 0.2) is 0 Å². The number of carboxylic acids is 1. The Balaban J connectivity index is 0.00000288. The fourth-order valence-corrected chi connectivity index (χ4v) is 3.81. The number of rotatable bonds is 6. The van der Waals surface area contributed by atoms with Gasteiger partial charge in [0.25, 0.3) is 0 Å². The van der Waals surface area contributed by atoms with E-state index in [1.54, 1.807) is 6.92 Å². The van der Waals surface area contributed by atoms with Gasteiger partial charge < -0.3 is 16.2 Å². The number of hydrogen-bond acceptors (Lipinski definition) is 6. The van der Waals surface area contributed by atoms with Gasteiger partial charge in [0.2, 0.25) is 15.9 Å². The molecule has 0 radical (unpaired) electrons. The van der Waals surface area contributed by atoms with Crippen molar-refractivity contribution in [3.8, 4) is 5.88 Å². The van der Waals surface area contributed by atoms with E-state index in [2.05, 4.69) is 9.88 Å². The first-order valence-corrected chi connectivity index (χ1v) is 8.92. The number of carboxylic acid groups (broad SMARTS) is 1. The molecule has 24 heavy (non-hydrogen) atoms. The Hall–Kier alpha value is -0.710. The number of aromatic carboxylic acids is 1. The van der Waals surface area contributed by atoms with Gasteiger partial charge in [0.1, 0.15) is 10.5 Å². The van der Waals surface area contributed by atoms with E-state index in [1.807, 2.05) is 6.92 Å². The van der Waals surface area contributed by atoms with Gasteiger partial charge in [-0.3, -0.25) is 0 Å². The minimum atomic E-state index is -3.76. The number of aromatic nitrogens is 1. The number of pyridine rings is 1. The van der Waals surface area contributed by atoms with E-state index in [-0.39, 0.29) is 53.9 Å². The number of nitrogens with zero attached hydrogens (tertiary/aromatic N) is 3. The molecule has 1 aliphatic rings. The van der Waals surface area contributed by atoms with E-state index in [0.29, 0.717) is 26.2 Å². The number of piperazine rings is 1. The Morgan fingerprint density at radius 3 is 2.46 bits per heavy atom. The van der Waals surface area contributed by atoms with Crippen LogP contribution in [0.2, 0.25) is 0 Å². The van der Waals surface area contributed by atoms with Crippen molar-refractivity contribution in [3.63, 3.8) is 0 Å². The second-order valence-electron chi connectivity index (χ2n) is 5.10. The van der Waals surface area contributed by atoms with E-state index in [0.717, 1.165) is 18.8 Å². The van der Waals surface area contributed by atoms with Crippen LogP contribution in [0.25, 0.3) is 0 Å². The summed E-state index contributed by atoms with van der Waals surface area (Å²) in [6, 6.07) is 1.11. The maximum absolute atomic E-state index is 12.7. The predicted molar refractivity (Wildman–Crippen MR) is 84.4 cm³/mol. The summed E-state index contributed by atoms with van der Waals surface area (Å²) in [5.74, 6) is -1.34. The number of sulfonamides is 1. The molecular formula is C14H22N3NaO5S. The summed E-state index contributed by atoms with van der Waals surface area (Å²) in [7, 11) is -3.76. The van der Waals surface area contributed by atoms with Crippen LogP contribution in [0.15, 0.2) is 17.2 Å². The van der Waals surface area contributed by atoms with Crippen LogP contribution in [0.5, 0.6) is 5.88 Å². The summed E-state index contributed by atoms with van der Waals surface area (Å²) in [5, 5.41) is 9.22. The molecule has 1 fully saturated rings. The van der Waals surface area contributed by atoms with Crippen molar-refractivity contribution in [2.45, 2.75) is 18.7 Å². The number of ether oxygens (including phenoxy) is 1. The molecule has 1 N–H and O–H groups in total. The van der Waals surface area contributed by atoms with Crippen LogP contribution >= 0.6 is 0 Å². The quantitative estimate of drug-likeness (QED) is 0.561. The Labute approximate surface area is 165 Å². The summed E-state index contributed by atoms with van der Waals surface area (Å²) in [5.41, 5.74) is -0.250. The standard InChI is InChI=1S/C14H21N3O5S.Na.H/c1-3-16-5-7-17(8-6-16)23(20,21)11-9-12(14(18)19)13(15-10-11)22-4-2;;/h9-10H,3-8H2,1-2H3,(H,18,19);;/q;+1;-1. The second kappa shape index (κ2) is 9.12. The molecule has 0 atom stereocenters.